The predicted molar refractivity (Wildman–Crippen MR) is 254 cm³/mol. The molecule has 6 nitrogen and oxygen atoms in total. The maximum atomic E-state index is 13.1. The van der Waals surface area contributed by atoms with Crippen LogP contribution in [0.25, 0.3) is 0 Å². The number of carbonyl (C=O) groups is 2. The highest BCUT2D eigenvalue weighted by Gasteiger charge is 2.23. The molecule has 0 heterocycles. The Kier molecular flexibility index (Phi) is 43.4. The number of ether oxygens (including phenoxy) is 1. The summed E-state index contributed by atoms with van der Waals surface area (Å²) in [6.07, 6.45) is 60.5. The molecule has 0 aliphatic carbocycles. The summed E-state index contributed by atoms with van der Waals surface area (Å²) < 4.78 is 5.84. The second-order valence-corrected chi connectivity index (χ2v) is 15.9. The molecule has 0 spiro atoms. The van der Waals surface area contributed by atoms with E-state index in [0.29, 0.717) is 19.3 Å². The van der Waals surface area contributed by atoms with Crippen LogP contribution in [0.2, 0.25) is 0 Å². The van der Waals surface area contributed by atoms with Crippen LogP contribution >= 0.6 is 0 Å². The van der Waals surface area contributed by atoms with E-state index in [2.05, 4.69) is 92.9 Å². The quantitative estimate of drug-likeness (QED) is 0.0247. The Hall–Kier alpha value is -3.22. The maximum Gasteiger partial charge on any atom is 0.306 e. The summed E-state index contributed by atoms with van der Waals surface area (Å²) in [5.74, 6) is -0.614. The highest BCUT2D eigenvalue weighted by molar-refractivity contribution is 5.77. The Morgan fingerprint density at radius 2 is 1.02 bits per heavy atom. The summed E-state index contributed by atoms with van der Waals surface area (Å²) in [7, 11) is 0. The smallest absolute Gasteiger partial charge is 0.306 e. The van der Waals surface area contributed by atoms with Gasteiger partial charge in [-0.2, -0.15) is 0 Å². The summed E-state index contributed by atoms with van der Waals surface area (Å²) in [5, 5.41) is 23.6. The Morgan fingerprint density at radius 1 is 0.542 bits per heavy atom. The first-order valence-corrected chi connectivity index (χ1v) is 24.0. The molecular formula is C53H89NO5. The number of unbranched alkanes of at least 4 members (excludes halogenated alkanes) is 17. The summed E-state index contributed by atoms with van der Waals surface area (Å²) in [6.45, 7) is 6.25. The zero-order chi connectivity index (χ0) is 43.1. The Balaban J connectivity index is 4.81. The van der Waals surface area contributed by atoms with Crippen LogP contribution < -0.4 is 5.32 Å². The fourth-order valence-electron chi connectivity index (χ4n) is 6.60. The molecule has 1 amide bonds. The van der Waals surface area contributed by atoms with E-state index in [1.54, 1.807) is 0 Å². The van der Waals surface area contributed by atoms with Crippen molar-refractivity contribution in [1.29, 1.82) is 0 Å². The molecule has 0 saturated heterocycles. The molecule has 3 unspecified atom stereocenters. The standard InChI is InChI=1S/C53H89NO5/c1-4-7-10-13-16-19-22-24-26-28-30-32-35-38-41-44-49(59-53(58)46-43-40-37-34-31-29-27-25-23-20-17-14-11-8-5-2)47-52(57)54-50(48-55)51(56)45-42-39-36-33-21-18-15-12-9-6-3/h8,11,14,16-17,19-20,23-27,30,32,38,41,49-51,55-56H,4-7,9-10,12-13,15,18,21-22,28-29,31,33-37,39-40,42-48H2,1-3H3,(H,54,57)/b11-8+,17-14+,19-16-,23-20+,26-24-,27-25-,32-30-,41-38-. The van der Waals surface area contributed by atoms with E-state index in [4.69, 9.17) is 4.74 Å². The van der Waals surface area contributed by atoms with Crippen LogP contribution in [-0.4, -0.2) is 46.9 Å². The first kappa shape index (κ1) is 55.8. The number of aliphatic hydroxyl groups is 2. The second-order valence-electron chi connectivity index (χ2n) is 15.9. The number of rotatable bonds is 41. The third-order valence-electron chi connectivity index (χ3n) is 10.2. The molecule has 3 atom stereocenters. The Bertz CT molecular complexity index is 1190. The second kappa shape index (κ2) is 45.9. The van der Waals surface area contributed by atoms with Crippen LogP contribution in [0, 0.1) is 0 Å². The normalized spacial score (nSPS) is 14.2. The lowest BCUT2D eigenvalue weighted by molar-refractivity contribution is -0.150. The van der Waals surface area contributed by atoms with Crippen molar-refractivity contribution < 1.29 is 24.5 Å². The van der Waals surface area contributed by atoms with Gasteiger partial charge in [0.2, 0.25) is 5.91 Å². The van der Waals surface area contributed by atoms with Gasteiger partial charge in [0.05, 0.1) is 25.2 Å². The molecule has 0 aromatic heterocycles. The Morgan fingerprint density at radius 3 is 1.63 bits per heavy atom. The SMILES string of the molecule is CC/C=C/C=C/C=C/C=C\CCCCCCCC(=O)OC(C/C=C\C/C=C\C/C=C\C/C=C\CCCCC)CC(=O)NC(CO)C(O)CCCCCCCCCCCC. The van der Waals surface area contributed by atoms with Gasteiger partial charge in [0.25, 0.3) is 0 Å². The van der Waals surface area contributed by atoms with Gasteiger partial charge >= 0.3 is 5.97 Å². The molecule has 0 aliphatic rings. The minimum Gasteiger partial charge on any atom is -0.461 e. The van der Waals surface area contributed by atoms with Gasteiger partial charge in [-0.3, -0.25) is 9.59 Å². The molecule has 0 aromatic rings. The highest BCUT2D eigenvalue weighted by atomic mass is 16.5. The molecule has 0 radical (unpaired) electrons. The van der Waals surface area contributed by atoms with Gasteiger partial charge in [-0.05, 0) is 64.2 Å². The van der Waals surface area contributed by atoms with E-state index in [1.807, 2.05) is 30.4 Å². The zero-order valence-corrected chi connectivity index (χ0v) is 38.1. The van der Waals surface area contributed by atoms with Gasteiger partial charge in [0.15, 0.2) is 0 Å². The average Bonchev–Trinajstić information content (AvgIpc) is 3.23. The van der Waals surface area contributed by atoms with Crippen LogP contribution in [0.4, 0.5) is 0 Å². The van der Waals surface area contributed by atoms with E-state index in [9.17, 15) is 19.8 Å². The molecule has 0 bridgehead atoms. The van der Waals surface area contributed by atoms with Crippen molar-refractivity contribution in [2.45, 2.75) is 219 Å². The van der Waals surface area contributed by atoms with Crippen molar-refractivity contribution in [2.24, 2.45) is 0 Å². The monoisotopic (exact) mass is 820 g/mol. The fraction of sp³-hybridized carbons (Fsp3) is 0.660. The number of allylic oxidation sites excluding steroid dienone is 15. The van der Waals surface area contributed by atoms with Crippen LogP contribution in [-0.2, 0) is 14.3 Å². The van der Waals surface area contributed by atoms with E-state index >= 15 is 0 Å². The van der Waals surface area contributed by atoms with Gasteiger partial charge in [-0.1, -0.05) is 214 Å². The molecule has 6 heteroatoms. The lowest BCUT2D eigenvalue weighted by Gasteiger charge is -2.24. The largest absolute Gasteiger partial charge is 0.461 e. The number of carbonyl (C=O) groups excluding carboxylic acids is 2. The van der Waals surface area contributed by atoms with Crippen molar-refractivity contribution in [1.82, 2.24) is 5.32 Å². The van der Waals surface area contributed by atoms with Gasteiger partial charge in [-0.25, -0.2) is 0 Å². The van der Waals surface area contributed by atoms with Crippen molar-refractivity contribution in [3.63, 3.8) is 0 Å². The molecule has 0 rings (SSSR count). The summed E-state index contributed by atoms with van der Waals surface area (Å²) in [6, 6.07) is -0.740. The minimum atomic E-state index is -0.819. The van der Waals surface area contributed by atoms with Gasteiger partial charge < -0.3 is 20.3 Å². The van der Waals surface area contributed by atoms with Crippen molar-refractivity contribution in [3.8, 4) is 0 Å². The Labute approximate surface area is 363 Å². The summed E-state index contributed by atoms with van der Waals surface area (Å²) >= 11 is 0. The first-order chi connectivity index (χ1) is 29.0. The van der Waals surface area contributed by atoms with Crippen molar-refractivity contribution >= 4 is 11.9 Å². The third kappa shape index (κ3) is 41.3. The van der Waals surface area contributed by atoms with Crippen molar-refractivity contribution in [2.75, 3.05) is 6.61 Å². The maximum absolute atomic E-state index is 13.1. The number of hydrogen-bond donors (Lipinski definition) is 3. The lowest BCUT2D eigenvalue weighted by Crippen LogP contribution is -2.46. The van der Waals surface area contributed by atoms with Crippen molar-refractivity contribution in [3.05, 3.63) is 97.2 Å². The topological polar surface area (TPSA) is 95.9 Å². The van der Waals surface area contributed by atoms with E-state index in [-0.39, 0.29) is 24.9 Å². The summed E-state index contributed by atoms with van der Waals surface area (Å²) in [4.78, 5) is 26.0. The molecule has 0 aliphatic heterocycles. The fourth-order valence-corrected chi connectivity index (χ4v) is 6.60. The van der Waals surface area contributed by atoms with Gasteiger partial charge in [-0.15, -0.1) is 0 Å². The van der Waals surface area contributed by atoms with E-state index in [1.165, 1.54) is 70.6 Å². The number of nitrogens with one attached hydrogen (secondary N) is 1. The van der Waals surface area contributed by atoms with E-state index < -0.39 is 18.2 Å². The molecule has 0 fully saturated rings. The number of hydrogen-bond acceptors (Lipinski definition) is 5. The average molecular weight is 820 g/mol. The molecule has 336 valence electrons. The van der Waals surface area contributed by atoms with Crippen LogP contribution in [0.5, 0.6) is 0 Å². The summed E-state index contributed by atoms with van der Waals surface area (Å²) in [5.41, 5.74) is 0. The van der Waals surface area contributed by atoms with Crippen LogP contribution in [0.3, 0.4) is 0 Å². The van der Waals surface area contributed by atoms with Crippen LogP contribution in [0.1, 0.15) is 201 Å². The lowest BCUT2D eigenvalue weighted by atomic mass is 10.0. The molecular weight excluding hydrogens is 731 g/mol. The number of aliphatic hydroxyl groups excluding tert-OH is 2. The van der Waals surface area contributed by atoms with Gasteiger partial charge in [0.1, 0.15) is 6.10 Å². The van der Waals surface area contributed by atoms with Crippen LogP contribution in [0.15, 0.2) is 97.2 Å². The predicted octanol–water partition coefficient (Wildman–Crippen LogP) is 14.2. The third-order valence-corrected chi connectivity index (χ3v) is 10.2. The molecule has 0 aromatic carbocycles. The number of esters is 1. The molecule has 59 heavy (non-hydrogen) atoms. The molecule has 0 saturated carbocycles. The van der Waals surface area contributed by atoms with Gasteiger partial charge in [0, 0.05) is 12.8 Å². The number of amides is 1. The van der Waals surface area contributed by atoms with E-state index in [0.717, 1.165) is 83.5 Å². The highest BCUT2D eigenvalue weighted by Crippen LogP contribution is 2.15. The minimum absolute atomic E-state index is 0.0138. The molecule has 3 N–H and O–H groups in total. The zero-order valence-electron chi connectivity index (χ0n) is 38.1. The first-order valence-electron chi connectivity index (χ1n) is 24.0.